The minimum absolute atomic E-state index is 0.144. The number of ether oxygens (including phenoxy) is 1. The minimum Gasteiger partial charge on any atom is -0.455 e. The zero-order valence-corrected chi connectivity index (χ0v) is 13.0. The summed E-state index contributed by atoms with van der Waals surface area (Å²) in [6, 6.07) is 0. The normalized spacial score (nSPS) is 49.0. The summed E-state index contributed by atoms with van der Waals surface area (Å²) in [5.41, 5.74) is 1.32. The topological polar surface area (TPSA) is 46.5 Å². The molecule has 4 saturated carbocycles. The number of rotatable bonds is 1. The quantitative estimate of drug-likeness (QED) is 0.592. The third-order valence-electron chi connectivity index (χ3n) is 6.39. The van der Waals surface area contributed by atoms with Gasteiger partial charge in [0.05, 0.1) is 6.10 Å². The van der Waals surface area contributed by atoms with Crippen LogP contribution < -0.4 is 0 Å². The van der Waals surface area contributed by atoms with Gasteiger partial charge in [0.1, 0.15) is 6.10 Å². The summed E-state index contributed by atoms with van der Waals surface area (Å²) in [5.74, 6) is 0.769. The van der Waals surface area contributed by atoms with Gasteiger partial charge in [-0.1, -0.05) is 33.8 Å². The molecule has 112 valence electrons. The van der Waals surface area contributed by atoms with E-state index < -0.39 is 12.2 Å². The molecule has 4 rings (SSSR count). The molecule has 0 radical (unpaired) electrons. The number of carbonyl (C=O) groups excluding carboxylic acids is 1. The molecule has 4 aliphatic rings. The predicted octanol–water partition coefficient (Wildman–Crippen LogP) is 2.93. The van der Waals surface area contributed by atoms with E-state index >= 15 is 0 Å². The maximum Gasteiger partial charge on any atom is 0.303 e. The van der Waals surface area contributed by atoms with Gasteiger partial charge in [0.2, 0.25) is 0 Å². The molecule has 0 saturated heterocycles. The van der Waals surface area contributed by atoms with Gasteiger partial charge in [-0.25, -0.2) is 0 Å². The summed E-state index contributed by atoms with van der Waals surface area (Å²) in [6.45, 7) is 12.5. The van der Waals surface area contributed by atoms with Gasteiger partial charge in [0.15, 0.2) is 0 Å². The third-order valence-corrected chi connectivity index (χ3v) is 6.39. The standard InChI is InChI=1S/C17H26O3/c1-9-11-12-13(14(19)15(9)20-10(2)18)17(11,5)8-6-7-16(12,3)4/h11-15,19H,1,6-8H2,2-5H3. The van der Waals surface area contributed by atoms with Gasteiger partial charge in [-0.05, 0) is 47.0 Å². The molecule has 6 unspecified atom stereocenters. The first kappa shape index (κ1) is 14.1. The second kappa shape index (κ2) is 4.09. The fourth-order valence-corrected chi connectivity index (χ4v) is 5.63. The highest BCUT2D eigenvalue weighted by molar-refractivity contribution is 5.66. The van der Waals surface area contributed by atoms with Crippen molar-refractivity contribution in [2.75, 3.05) is 0 Å². The van der Waals surface area contributed by atoms with E-state index in [1.54, 1.807) is 0 Å². The second-order valence-corrected chi connectivity index (χ2v) is 7.97. The maximum absolute atomic E-state index is 11.3. The Morgan fingerprint density at radius 3 is 2.50 bits per heavy atom. The van der Waals surface area contributed by atoms with E-state index in [2.05, 4.69) is 27.4 Å². The average molecular weight is 278 g/mol. The van der Waals surface area contributed by atoms with E-state index in [1.807, 2.05) is 0 Å². The van der Waals surface area contributed by atoms with Crippen LogP contribution >= 0.6 is 0 Å². The van der Waals surface area contributed by atoms with E-state index in [9.17, 15) is 9.90 Å². The van der Waals surface area contributed by atoms with Crippen molar-refractivity contribution in [3.63, 3.8) is 0 Å². The molecule has 1 N–H and O–H groups in total. The Labute approximate surface area is 121 Å². The smallest absolute Gasteiger partial charge is 0.303 e. The van der Waals surface area contributed by atoms with Gasteiger partial charge in [-0.2, -0.15) is 0 Å². The van der Waals surface area contributed by atoms with Gasteiger partial charge in [0.25, 0.3) is 0 Å². The lowest BCUT2D eigenvalue weighted by Gasteiger charge is -2.69. The van der Waals surface area contributed by atoms with E-state index in [4.69, 9.17) is 4.74 Å². The van der Waals surface area contributed by atoms with E-state index in [0.29, 0.717) is 11.8 Å². The first-order chi connectivity index (χ1) is 9.20. The lowest BCUT2D eigenvalue weighted by molar-refractivity contribution is -0.237. The third kappa shape index (κ3) is 1.59. The summed E-state index contributed by atoms with van der Waals surface area (Å²) in [5, 5.41) is 10.8. The van der Waals surface area contributed by atoms with Gasteiger partial charge in [-0.3, -0.25) is 4.79 Å². The number of aliphatic hydroxyl groups is 1. The van der Waals surface area contributed by atoms with Crippen molar-refractivity contribution >= 4 is 5.97 Å². The molecule has 20 heavy (non-hydrogen) atoms. The van der Waals surface area contributed by atoms with Gasteiger partial charge in [0, 0.05) is 6.92 Å². The molecule has 4 aliphatic carbocycles. The van der Waals surface area contributed by atoms with Crippen molar-refractivity contribution in [1.82, 2.24) is 0 Å². The van der Waals surface area contributed by atoms with Crippen LogP contribution in [0.4, 0.5) is 0 Å². The van der Waals surface area contributed by atoms with Crippen molar-refractivity contribution in [1.29, 1.82) is 0 Å². The second-order valence-electron chi connectivity index (χ2n) is 7.97. The van der Waals surface area contributed by atoms with Crippen LogP contribution in [0.15, 0.2) is 12.2 Å². The van der Waals surface area contributed by atoms with Crippen molar-refractivity contribution in [3.05, 3.63) is 12.2 Å². The van der Waals surface area contributed by atoms with Gasteiger partial charge >= 0.3 is 5.97 Å². The lowest BCUT2D eigenvalue weighted by Crippen LogP contribution is -2.70. The largest absolute Gasteiger partial charge is 0.455 e. The van der Waals surface area contributed by atoms with E-state index in [-0.39, 0.29) is 22.7 Å². The van der Waals surface area contributed by atoms with E-state index in [0.717, 1.165) is 12.0 Å². The van der Waals surface area contributed by atoms with Crippen molar-refractivity contribution in [3.8, 4) is 0 Å². The first-order valence-corrected chi connectivity index (χ1v) is 7.74. The number of aliphatic hydroxyl groups excluding tert-OH is 1. The van der Waals surface area contributed by atoms with Gasteiger partial charge in [-0.15, -0.1) is 0 Å². The number of hydrogen-bond acceptors (Lipinski definition) is 3. The molecular formula is C17H26O3. The molecule has 6 atom stereocenters. The highest BCUT2D eigenvalue weighted by atomic mass is 16.6. The van der Waals surface area contributed by atoms with E-state index in [1.165, 1.54) is 19.8 Å². The molecule has 3 heteroatoms. The molecular weight excluding hydrogens is 252 g/mol. The summed E-state index contributed by atoms with van der Waals surface area (Å²) in [4.78, 5) is 11.3. The van der Waals surface area contributed by atoms with Crippen LogP contribution in [0.3, 0.4) is 0 Å². The number of fused-ring (bicyclic) bond motifs is 2. The highest BCUT2D eigenvalue weighted by Gasteiger charge is 2.71. The fraction of sp³-hybridized carbons (Fsp3) is 0.824. The molecule has 0 heterocycles. The SMILES string of the molecule is C=C1C(OC(C)=O)C(O)C2C3C1C2(C)CCCC3(C)C. The maximum atomic E-state index is 11.3. The molecule has 3 nitrogen and oxygen atoms in total. The van der Waals surface area contributed by atoms with Crippen LogP contribution in [0.25, 0.3) is 0 Å². The summed E-state index contributed by atoms with van der Waals surface area (Å²) >= 11 is 0. The summed E-state index contributed by atoms with van der Waals surface area (Å²) in [7, 11) is 0. The number of esters is 1. The first-order valence-electron chi connectivity index (χ1n) is 7.74. The Morgan fingerprint density at radius 2 is 1.95 bits per heavy atom. The zero-order valence-electron chi connectivity index (χ0n) is 13.0. The Kier molecular flexibility index (Phi) is 2.89. The Bertz CT molecular complexity index is 467. The van der Waals surface area contributed by atoms with Crippen LogP contribution in [0.1, 0.15) is 47.0 Å². The van der Waals surface area contributed by atoms with Crippen molar-refractivity contribution in [2.24, 2.45) is 28.6 Å². The van der Waals surface area contributed by atoms with Crippen LogP contribution in [0, 0.1) is 28.6 Å². The lowest BCUT2D eigenvalue weighted by atomic mass is 9.36. The molecule has 0 spiro atoms. The van der Waals surface area contributed by atoms with Gasteiger partial charge < -0.3 is 9.84 Å². The fourth-order valence-electron chi connectivity index (χ4n) is 5.63. The van der Waals surface area contributed by atoms with Crippen LogP contribution in [-0.4, -0.2) is 23.3 Å². The molecule has 0 aromatic rings. The summed E-state index contributed by atoms with van der Waals surface area (Å²) < 4.78 is 5.35. The molecule has 0 aliphatic heterocycles. The molecule has 4 fully saturated rings. The molecule has 0 aromatic carbocycles. The minimum atomic E-state index is -0.594. The number of hydrogen-bond donors (Lipinski definition) is 1. The monoisotopic (exact) mass is 278 g/mol. The van der Waals surface area contributed by atoms with Crippen molar-refractivity contribution in [2.45, 2.75) is 59.2 Å². The molecule has 0 amide bonds. The van der Waals surface area contributed by atoms with Crippen LogP contribution in [0.2, 0.25) is 0 Å². The van der Waals surface area contributed by atoms with Crippen molar-refractivity contribution < 1.29 is 14.6 Å². The molecule has 4 bridgehead atoms. The Balaban J connectivity index is 1.98. The molecule has 0 aromatic heterocycles. The number of carbonyl (C=O) groups is 1. The van der Waals surface area contributed by atoms with Crippen LogP contribution in [-0.2, 0) is 9.53 Å². The average Bonchev–Trinajstić information content (AvgIpc) is 2.47. The van der Waals surface area contributed by atoms with Crippen LogP contribution in [0.5, 0.6) is 0 Å². The zero-order chi connectivity index (χ0) is 14.9. The predicted molar refractivity (Wildman–Crippen MR) is 76.9 cm³/mol. The summed E-state index contributed by atoms with van der Waals surface area (Å²) in [6.07, 6.45) is 2.47. The Hall–Kier alpha value is -0.830. The highest BCUT2D eigenvalue weighted by Crippen LogP contribution is 2.73. The Morgan fingerprint density at radius 1 is 1.30 bits per heavy atom.